The SMILES string of the molecule is Cc1cc(=O)c(C(=O)OCC(=O)Nc2ccccc2OC(F)F)nn1-c1ccccc1. The highest BCUT2D eigenvalue weighted by Gasteiger charge is 2.19. The molecule has 8 nitrogen and oxygen atoms in total. The molecule has 160 valence electrons. The molecule has 3 aromatic rings. The number of carbonyl (C=O) groups excluding carboxylic acids is 2. The minimum Gasteiger partial charge on any atom is -0.451 e. The predicted molar refractivity (Wildman–Crippen MR) is 107 cm³/mol. The fraction of sp³-hybridized carbons (Fsp3) is 0.143. The van der Waals surface area contributed by atoms with Gasteiger partial charge < -0.3 is 14.8 Å². The Morgan fingerprint density at radius 1 is 1.10 bits per heavy atom. The van der Waals surface area contributed by atoms with Crippen molar-refractivity contribution in [1.82, 2.24) is 9.78 Å². The van der Waals surface area contributed by atoms with Gasteiger partial charge in [0.05, 0.1) is 11.4 Å². The summed E-state index contributed by atoms with van der Waals surface area (Å²) >= 11 is 0. The molecule has 1 N–H and O–H groups in total. The lowest BCUT2D eigenvalue weighted by Gasteiger charge is -2.12. The van der Waals surface area contributed by atoms with Crippen LogP contribution in [0.2, 0.25) is 0 Å². The van der Waals surface area contributed by atoms with Gasteiger partial charge in [-0.2, -0.15) is 13.9 Å². The molecule has 10 heteroatoms. The largest absolute Gasteiger partial charge is 0.451 e. The molecule has 2 aromatic carbocycles. The maximum atomic E-state index is 12.5. The number of halogens is 2. The van der Waals surface area contributed by atoms with E-state index >= 15 is 0 Å². The first-order valence-electron chi connectivity index (χ1n) is 9.02. The van der Waals surface area contributed by atoms with E-state index in [-0.39, 0.29) is 11.4 Å². The average Bonchev–Trinajstić information content (AvgIpc) is 2.74. The molecule has 1 aromatic heterocycles. The second kappa shape index (κ2) is 9.61. The van der Waals surface area contributed by atoms with Crippen molar-refractivity contribution in [3.05, 3.63) is 82.3 Å². The van der Waals surface area contributed by atoms with E-state index in [2.05, 4.69) is 15.2 Å². The van der Waals surface area contributed by atoms with E-state index in [1.54, 1.807) is 37.3 Å². The van der Waals surface area contributed by atoms with Crippen LogP contribution < -0.4 is 15.5 Å². The molecule has 0 saturated carbocycles. The number of anilines is 1. The van der Waals surface area contributed by atoms with Gasteiger partial charge in [0, 0.05) is 11.8 Å². The van der Waals surface area contributed by atoms with E-state index in [9.17, 15) is 23.2 Å². The molecule has 0 atom stereocenters. The highest BCUT2D eigenvalue weighted by Crippen LogP contribution is 2.25. The smallest absolute Gasteiger partial charge is 0.387 e. The fourth-order valence-electron chi connectivity index (χ4n) is 2.67. The molecular formula is C21H17F2N3O5. The first kappa shape index (κ1) is 21.6. The summed E-state index contributed by atoms with van der Waals surface area (Å²) in [7, 11) is 0. The first-order chi connectivity index (χ1) is 14.8. The van der Waals surface area contributed by atoms with Crippen LogP contribution in [0.15, 0.2) is 65.5 Å². The van der Waals surface area contributed by atoms with Crippen molar-refractivity contribution in [1.29, 1.82) is 0 Å². The number of rotatable bonds is 7. The zero-order chi connectivity index (χ0) is 22.4. The molecule has 1 heterocycles. The van der Waals surface area contributed by atoms with Crippen LogP contribution >= 0.6 is 0 Å². The first-order valence-corrected chi connectivity index (χ1v) is 9.02. The molecule has 0 fully saturated rings. The Morgan fingerprint density at radius 2 is 1.77 bits per heavy atom. The van der Waals surface area contributed by atoms with Crippen LogP contribution in [0.3, 0.4) is 0 Å². The number of carbonyl (C=O) groups is 2. The molecule has 0 aliphatic heterocycles. The topological polar surface area (TPSA) is 99.5 Å². The molecule has 0 aliphatic rings. The lowest BCUT2D eigenvalue weighted by atomic mass is 10.3. The quantitative estimate of drug-likeness (QED) is 0.580. The minimum atomic E-state index is -3.07. The summed E-state index contributed by atoms with van der Waals surface area (Å²) in [4.78, 5) is 36.6. The van der Waals surface area contributed by atoms with Crippen LogP contribution in [0.25, 0.3) is 5.69 Å². The summed E-state index contributed by atoms with van der Waals surface area (Å²) in [5, 5.41) is 6.35. The lowest BCUT2D eigenvalue weighted by Crippen LogP contribution is -2.27. The van der Waals surface area contributed by atoms with Gasteiger partial charge >= 0.3 is 12.6 Å². The molecule has 0 radical (unpaired) electrons. The molecule has 0 aliphatic carbocycles. The Labute approximate surface area is 175 Å². The van der Waals surface area contributed by atoms with Gasteiger partial charge in [-0.25, -0.2) is 9.48 Å². The summed E-state index contributed by atoms with van der Waals surface area (Å²) in [6.07, 6.45) is 0. The number of nitrogens with zero attached hydrogens (tertiary/aromatic N) is 2. The highest BCUT2D eigenvalue weighted by atomic mass is 19.3. The van der Waals surface area contributed by atoms with Gasteiger partial charge in [-0.05, 0) is 31.2 Å². The standard InChI is InChI=1S/C21H17F2N3O5/c1-13-11-16(27)19(25-26(13)14-7-3-2-4-8-14)20(29)30-12-18(28)24-15-9-5-6-10-17(15)31-21(22)23/h2-11,21H,12H2,1H3,(H,24,28). The van der Waals surface area contributed by atoms with Crippen molar-refractivity contribution < 1.29 is 27.8 Å². The molecule has 3 rings (SSSR count). The Kier molecular flexibility index (Phi) is 6.71. The molecule has 0 saturated heterocycles. The third-order valence-corrected chi connectivity index (χ3v) is 4.01. The van der Waals surface area contributed by atoms with Crippen molar-refractivity contribution in [2.45, 2.75) is 13.5 Å². The van der Waals surface area contributed by atoms with Crippen LogP contribution in [0.1, 0.15) is 16.2 Å². The van der Waals surface area contributed by atoms with Gasteiger partial charge in [-0.1, -0.05) is 30.3 Å². The summed E-state index contributed by atoms with van der Waals surface area (Å²) in [5.41, 5.74) is -0.0539. The van der Waals surface area contributed by atoms with E-state index in [1.807, 2.05) is 0 Å². The third-order valence-electron chi connectivity index (χ3n) is 4.01. The zero-order valence-corrected chi connectivity index (χ0v) is 16.2. The number of aromatic nitrogens is 2. The maximum absolute atomic E-state index is 12.5. The molecule has 0 bridgehead atoms. The Morgan fingerprint density at radius 3 is 2.48 bits per heavy atom. The zero-order valence-electron chi connectivity index (χ0n) is 16.2. The number of ether oxygens (including phenoxy) is 2. The number of esters is 1. The van der Waals surface area contributed by atoms with Crippen LogP contribution in [0.5, 0.6) is 5.75 Å². The maximum Gasteiger partial charge on any atom is 0.387 e. The summed E-state index contributed by atoms with van der Waals surface area (Å²) in [6, 6.07) is 15.6. The second-order valence-corrected chi connectivity index (χ2v) is 6.24. The van der Waals surface area contributed by atoms with E-state index in [4.69, 9.17) is 4.74 Å². The van der Waals surface area contributed by atoms with Gasteiger partial charge in [-0.3, -0.25) is 9.59 Å². The number of hydrogen-bond acceptors (Lipinski definition) is 6. The molecule has 31 heavy (non-hydrogen) atoms. The van der Waals surface area contributed by atoms with Gasteiger partial charge in [0.25, 0.3) is 5.91 Å². The fourth-order valence-corrected chi connectivity index (χ4v) is 2.67. The van der Waals surface area contributed by atoms with Crippen LogP contribution in [-0.2, 0) is 9.53 Å². The molecule has 0 unspecified atom stereocenters. The molecular weight excluding hydrogens is 412 g/mol. The second-order valence-electron chi connectivity index (χ2n) is 6.24. The van der Waals surface area contributed by atoms with Crippen molar-refractivity contribution >= 4 is 17.6 Å². The van der Waals surface area contributed by atoms with Crippen molar-refractivity contribution in [3.8, 4) is 11.4 Å². The van der Waals surface area contributed by atoms with Crippen molar-refractivity contribution in [3.63, 3.8) is 0 Å². The predicted octanol–water partition coefficient (Wildman–Crippen LogP) is 2.94. The lowest BCUT2D eigenvalue weighted by molar-refractivity contribution is -0.119. The minimum absolute atomic E-state index is 0.0243. The Hall–Kier alpha value is -4.08. The number of para-hydroxylation sites is 3. The normalized spacial score (nSPS) is 10.6. The van der Waals surface area contributed by atoms with Gasteiger partial charge in [0.15, 0.2) is 6.61 Å². The van der Waals surface area contributed by atoms with Crippen LogP contribution in [-0.4, -0.2) is 34.9 Å². The Bertz CT molecular complexity index is 1150. The van der Waals surface area contributed by atoms with Crippen LogP contribution in [0, 0.1) is 6.92 Å². The monoisotopic (exact) mass is 429 g/mol. The number of amides is 1. The number of benzene rings is 2. The van der Waals surface area contributed by atoms with Crippen molar-refractivity contribution in [2.75, 3.05) is 11.9 Å². The molecule has 1 amide bonds. The van der Waals surface area contributed by atoms with Crippen LogP contribution in [0.4, 0.5) is 14.5 Å². The van der Waals surface area contributed by atoms with E-state index in [1.165, 1.54) is 35.0 Å². The summed E-state index contributed by atoms with van der Waals surface area (Å²) in [5.74, 6) is -2.15. The number of aryl methyl sites for hydroxylation is 1. The van der Waals surface area contributed by atoms with Crippen molar-refractivity contribution in [2.24, 2.45) is 0 Å². The highest BCUT2D eigenvalue weighted by molar-refractivity contribution is 5.95. The van der Waals surface area contributed by atoms with Gasteiger partial charge in [0.1, 0.15) is 5.75 Å². The van der Waals surface area contributed by atoms with E-state index in [0.717, 1.165) is 0 Å². The summed E-state index contributed by atoms with van der Waals surface area (Å²) in [6.45, 7) is -2.18. The van der Waals surface area contributed by atoms with Gasteiger partial charge in [-0.15, -0.1) is 0 Å². The Balaban J connectivity index is 1.70. The average molecular weight is 429 g/mol. The molecule has 0 spiro atoms. The van der Waals surface area contributed by atoms with Gasteiger partial charge in [0.2, 0.25) is 11.1 Å². The number of nitrogens with one attached hydrogen (secondary N) is 1. The van der Waals surface area contributed by atoms with E-state index < -0.39 is 36.2 Å². The van der Waals surface area contributed by atoms with E-state index in [0.29, 0.717) is 11.4 Å². The third kappa shape index (κ3) is 5.50. The summed E-state index contributed by atoms with van der Waals surface area (Å²) < 4.78 is 35.5. The number of alkyl halides is 2. The number of hydrogen-bond donors (Lipinski definition) is 1.